The molecule has 7 heteroatoms. The maximum atomic E-state index is 13.2. The minimum Gasteiger partial charge on any atom is -0.495 e. The lowest BCUT2D eigenvalue weighted by molar-refractivity contribution is 0.0996. The van der Waals surface area contributed by atoms with Gasteiger partial charge in [-0.1, -0.05) is 34.8 Å². The maximum absolute atomic E-state index is 13.2. The van der Waals surface area contributed by atoms with Crippen molar-refractivity contribution in [3.8, 4) is 5.75 Å². The number of aromatic nitrogens is 1. The van der Waals surface area contributed by atoms with Crippen LogP contribution in [0.1, 0.15) is 15.2 Å². The molecule has 0 fully saturated rings. The Labute approximate surface area is 176 Å². The van der Waals surface area contributed by atoms with Gasteiger partial charge in [0.05, 0.1) is 23.2 Å². The number of aryl methyl sites for hydroxylation is 1. The molecule has 142 valence electrons. The van der Waals surface area contributed by atoms with Gasteiger partial charge in [0.1, 0.15) is 10.9 Å². The highest BCUT2D eigenvalue weighted by molar-refractivity contribution is 7.22. The molecule has 2 aromatic heterocycles. The number of nitrogens with zero attached hydrogens (tertiary/aromatic N) is 2. The van der Waals surface area contributed by atoms with Crippen LogP contribution in [-0.4, -0.2) is 25.0 Å². The predicted octanol–water partition coefficient (Wildman–Crippen LogP) is 6.35. The van der Waals surface area contributed by atoms with Gasteiger partial charge in [-0.05, 0) is 43.3 Å². The van der Waals surface area contributed by atoms with Crippen molar-refractivity contribution in [3.05, 3.63) is 63.1 Å². The lowest BCUT2D eigenvalue weighted by Gasteiger charge is -2.19. The van der Waals surface area contributed by atoms with Gasteiger partial charge in [-0.2, -0.15) is 0 Å². The van der Waals surface area contributed by atoms with E-state index in [1.165, 1.54) is 16.2 Å². The number of hydrogen-bond acceptors (Lipinski definition) is 4. The summed E-state index contributed by atoms with van der Waals surface area (Å²) in [5, 5.41) is 2.69. The lowest BCUT2D eigenvalue weighted by Crippen LogP contribution is -2.25. The third-order valence-electron chi connectivity index (χ3n) is 4.59. The summed E-state index contributed by atoms with van der Waals surface area (Å²) in [7, 11) is 3.26. The van der Waals surface area contributed by atoms with Crippen LogP contribution in [0.15, 0.2) is 42.5 Å². The Bertz CT molecular complexity index is 1240. The zero-order valence-corrected chi connectivity index (χ0v) is 17.7. The summed E-state index contributed by atoms with van der Waals surface area (Å²) in [6.45, 7) is 2.03. The Hall–Kier alpha value is -2.34. The number of amides is 1. The second-order valence-electron chi connectivity index (χ2n) is 6.46. The molecule has 28 heavy (non-hydrogen) atoms. The summed E-state index contributed by atoms with van der Waals surface area (Å²) >= 11 is 13.9. The van der Waals surface area contributed by atoms with E-state index < -0.39 is 0 Å². The summed E-state index contributed by atoms with van der Waals surface area (Å²) in [6, 6.07) is 13.0. The van der Waals surface area contributed by atoms with Gasteiger partial charge in [0.25, 0.3) is 5.91 Å². The molecular weight excluding hydrogens is 415 g/mol. The summed E-state index contributed by atoms with van der Waals surface area (Å²) in [5.41, 5.74) is 2.54. The first-order valence-electron chi connectivity index (χ1n) is 8.50. The van der Waals surface area contributed by atoms with E-state index >= 15 is 0 Å². The first-order valence-corrected chi connectivity index (χ1v) is 10.1. The number of ether oxygens (including phenoxy) is 1. The molecule has 0 atom stereocenters. The van der Waals surface area contributed by atoms with Gasteiger partial charge in [0, 0.05) is 27.5 Å². The average molecular weight is 431 g/mol. The number of carbonyl (C=O) groups is 1. The molecule has 0 aliphatic heterocycles. The Kier molecular flexibility index (Phi) is 4.91. The highest BCUT2D eigenvalue weighted by atomic mass is 35.5. The van der Waals surface area contributed by atoms with Gasteiger partial charge in [-0.15, -0.1) is 11.3 Å². The van der Waals surface area contributed by atoms with Crippen LogP contribution in [0.25, 0.3) is 21.0 Å². The van der Waals surface area contributed by atoms with Crippen molar-refractivity contribution in [2.45, 2.75) is 6.92 Å². The highest BCUT2D eigenvalue weighted by Crippen LogP contribution is 2.38. The molecule has 0 aliphatic rings. The summed E-state index contributed by atoms with van der Waals surface area (Å²) in [5.74, 6) is 0.403. The van der Waals surface area contributed by atoms with E-state index in [-0.39, 0.29) is 5.91 Å². The molecule has 0 N–H and O–H groups in total. The quantitative estimate of drug-likeness (QED) is 0.355. The molecule has 0 saturated heterocycles. The SMILES string of the molecule is COc1ccc(Cl)cc1N(C)C(=O)c1cc2c(Cl)nc3ccc(C)cc3c2s1. The third-order valence-corrected chi connectivity index (χ3v) is 6.27. The van der Waals surface area contributed by atoms with Crippen LogP contribution in [0, 0.1) is 6.92 Å². The van der Waals surface area contributed by atoms with Crippen LogP contribution in [-0.2, 0) is 0 Å². The van der Waals surface area contributed by atoms with Crippen LogP contribution >= 0.6 is 34.5 Å². The molecule has 0 saturated carbocycles. The second kappa shape index (κ2) is 7.24. The van der Waals surface area contributed by atoms with Gasteiger partial charge < -0.3 is 9.64 Å². The van der Waals surface area contributed by atoms with E-state index in [1.54, 1.807) is 38.4 Å². The first-order chi connectivity index (χ1) is 13.4. The van der Waals surface area contributed by atoms with Crippen molar-refractivity contribution in [1.29, 1.82) is 0 Å². The molecular formula is C21H16Cl2N2O2S. The number of rotatable bonds is 3. The van der Waals surface area contributed by atoms with Crippen molar-refractivity contribution in [2.75, 3.05) is 19.1 Å². The largest absolute Gasteiger partial charge is 0.495 e. The second-order valence-corrected chi connectivity index (χ2v) is 8.30. The monoisotopic (exact) mass is 430 g/mol. The van der Waals surface area contributed by atoms with E-state index in [1.807, 2.05) is 19.1 Å². The maximum Gasteiger partial charge on any atom is 0.268 e. The number of thiophene rings is 1. The van der Waals surface area contributed by atoms with E-state index in [0.29, 0.717) is 26.5 Å². The molecule has 0 spiro atoms. The first kappa shape index (κ1) is 19.0. The Balaban J connectivity index is 1.84. The fourth-order valence-corrected chi connectivity index (χ4v) is 4.77. The number of benzene rings is 2. The molecule has 4 aromatic rings. The number of halogens is 2. The van der Waals surface area contributed by atoms with E-state index in [2.05, 4.69) is 11.1 Å². The minimum absolute atomic E-state index is 0.168. The van der Waals surface area contributed by atoms with Crippen LogP contribution in [0.3, 0.4) is 0 Å². The van der Waals surface area contributed by atoms with Gasteiger partial charge in [0.15, 0.2) is 0 Å². The zero-order chi connectivity index (χ0) is 20.0. The molecule has 2 aromatic carbocycles. The number of hydrogen-bond donors (Lipinski definition) is 0. The molecule has 1 amide bonds. The summed E-state index contributed by atoms with van der Waals surface area (Å²) in [6.07, 6.45) is 0. The minimum atomic E-state index is -0.168. The highest BCUT2D eigenvalue weighted by Gasteiger charge is 2.21. The molecule has 0 bridgehead atoms. The van der Waals surface area contributed by atoms with Crippen molar-refractivity contribution >= 4 is 67.1 Å². The normalized spacial score (nSPS) is 11.2. The van der Waals surface area contributed by atoms with Gasteiger partial charge in [-0.25, -0.2) is 4.98 Å². The van der Waals surface area contributed by atoms with Gasteiger partial charge in [0.2, 0.25) is 0 Å². The fraction of sp³-hybridized carbons (Fsp3) is 0.143. The average Bonchev–Trinajstić information content (AvgIpc) is 3.14. The number of anilines is 1. The molecule has 0 aliphatic carbocycles. The number of carbonyl (C=O) groups excluding carboxylic acids is 1. The predicted molar refractivity (Wildman–Crippen MR) is 118 cm³/mol. The molecule has 0 radical (unpaired) electrons. The van der Waals surface area contributed by atoms with E-state index in [9.17, 15) is 4.79 Å². The topological polar surface area (TPSA) is 42.4 Å². The smallest absolute Gasteiger partial charge is 0.268 e. The number of methoxy groups -OCH3 is 1. The third kappa shape index (κ3) is 3.20. The van der Waals surface area contributed by atoms with Crippen molar-refractivity contribution in [2.24, 2.45) is 0 Å². The molecule has 0 unspecified atom stereocenters. The Morgan fingerprint density at radius 2 is 1.89 bits per heavy atom. The standard InChI is InChI=1S/C21H16Cl2N2O2S/c1-11-4-6-15-13(8-11)19-14(20(23)24-15)10-18(28-19)21(26)25(2)16-9-12(22)5-7-17(16)27-3/h4-10H,1-3H3. The van der Waals surface area contributed by atoms with Gasteiger partial charge in [-0.3, -0.25) is 4.79 Å². The lowest BCUT2D eigenvalue weighted by atomic mass is 10.1. The Morgan fingerprint density at radius 1 is 1.11 bits per heavy atom. The van der Waals surface area contributed by atoms with Crippen LogP contribution < -0.4 is 9.64 Å². The number of pyridine rings is 1. The van der Waals surface area contributed by atoms with Crippen molar-refractivity contribution in [3.63, 3.8) is 0 Å². The zero-order valence-electron chi connectivity index (χ0n) is 15.4. The Morgan fingerprint density at radius 3 is 2.64 bits per heavy atom. The number of fused-ring (bicyclic) bond motifs is 3. The van der Waals surface area contributed by atoms with Crippen LogP contribution in [0.2, 0.25) is 10.2 Å². The fourth-order valence-electron chi connectivity index (χ4n) is 3.14. The molecule has 4 nitrogen and oxygen atoms in total. The summed E-state index contributed by atoms with van der Waals surface area (Å²) < 4.78 is 6.33. The van der Waals surface area contributed by atoms with E-state index in [0.717, 1.165) is 26.6 Å². The molecule has 4 rings (SSSR count). The van der Waals surface area contributed by atoms with E-state index in [4.69, 9.17) is 27.9 Å². The van der Waals surface area contributed by atoms with Crippen LogP contribution in [0.4, 0.5) is 5.69 Å². The van der Waals surface area contributed by atoms with Crippen molar-refractivity contribution in [1.82, 2.24) is 4.98 Å². The molecule has 2 heterocycles. The summed E-state index contributed by atoms with van der Waals surface area (Å²) in [4.78, 5) is 19.8. The van der Waals surface area contributed by atoms with Crippen molar-refractivity contribution < 1.29 is 9.53 Å². The van der Waals surface area contributed by atoms with Gasteiger partial charge >= 0.3 is 0 Å². The van der Waals surface area contributed by atoms with Crippen LogP contribution in [0.5, 0.6) is 5.75 Å².